The van der Waals surface area contributed by atoms with Gasteiger partial charge in [0.15, 0.2) is 5.78 Å². The standard InChI is InChI=1S/C17H19NO13S3/c1-10(19)8-30-2-3-31-9-16(20)18-14-6-12(32(21,22)23)4-11-5-13(33(24,25)26)7-15(17(11)14)34(27,28)29/h4-7H,2-3,8-9H2,1H3,(H,18,20)(H,21,22,23)(H,24,25,26)(H,27,28,29). The van der Waals surface area contributed by atoms with Gasteiger partial charge in [0.25, 0.3) is 30.4 Å². The third-order valence-corrected chi connectivity index (χ3v) is 6.56. The van der Waals surface area contributed by atoms with Crippen LogP contribution in [0, 0.1) is 0 Å². The fourth-order valence-electron chi connectivity index (χ4n) is 2.71. The molecule has 0 heterocycles. The van der Waals surface area contributed by atoms with Crippen molar-refractivity contribution in [3.05, 3.63) is 24.3 Å². The fourth-order valence-corrected chi connectivity index (χ4v) is 4.63. The summed E-state index contributed by atoms with van der Waals surface area (Å²) >= 11 is 0. The van der Waals surface area contributed by atoms with E-state index in [0.717, 1.165) is 0 Å². The number of Topliss-reactive ketones (excluding diaryl/α,β-unsaturated/α-hetero) is 1. The summed E-state index contributed by atoms with van der Waals surface area (Å²) in [5, 5.41) is 1.16. The number of benzene rings is 2. The summed E-state index contributed by atoms with van der Waals surface area (Å²) in [5.74, 6) is -1.16. The topological polar surface area (TPSA) is 228 Å². The average molecular weight is 542 g/mol. The Balaban J connectivity index is 2.52. The van der Waals surface area contributed by atoms with Gasteiger partial charge in [-0.15, -0.1) is 0 Å². The van der Waals surface area contributed by atoms with Crippen LogP contribution in [0.15, 0.2) is 39.0 Å². The van der Waals surface area contributed by atoms with Gasteiger partial charge < -0.3 is 14.8 Å². The highest BCUT2D eigenvalue weighted by molar-refractivity contribution is 7.87. The second kappa shape index (κ2) is 10.4. The largest absolute Gasteiger partial charge is 0.371 e. The zero-order valence-electron chi connectivity index (χ0n) is 17.3. The molecule has 188 valence electrons. The van der Waals surface area contributed by atoms with Crippen LogP contribution in [0.2, 0.25) is 0 Å². The fraction of sp³-hybridized carbons (Fsp3) is 0.294. The molecular formula is C17H19NO13S3. The minimum absolute atomic E-state index is 0.0284. The molecule has 2 aromatic rings. The molecule has 0 aliphatic heterocycles. The van der Waals surface area contributed by atoms with Crippen LogP contribution in [0.25, 0.3) is 10.8 Å². The molecular weight excluding hydrogens is 522 g/mol. The van der Waals surface area contributed by atoms with Crippen molar-refractivity contribution in [3.8, 4) is 0 Å². The number of ether oxygens (including phenoxy) is 2. The summed E-state index contributed by atoms with van der Waals surface area (Å²) in [4.78, 5) is 20.1. The van der Waals surface area contributed by atoms with Crippen LogP contribution in [0.1, 0.15) is 6.92 Å². The summed E-state index contributed by atoms with van der Waals surface area (Å²) in [7, 11) is -15.1. The minimum atomic E-state index is -5.17. The van der Waals surface area contributed by atoms with E-state index in [1.165, 1.54) is 6.92 Å². The third-order valence-electron chi connectivity index (χ3n) is 4.02. The van der Waals surface area contributed by atoms with Crippen LogP contribution < -0.4 is 5.32 Å². The number of carbonyl (C=O) groups is 2. The molecule has 4 N–H and O–H groups in total. The van der Waals surface area contributed by atoms with Gasteiger partial charge in [-0.1, -0.05) is 0 Å². The Morgan fingerprint density at radius 2 is 1.29 bits per heavy atom. The number of carbonyl (C=O) groups excluding carboxylic acids is 2. The average Bonchev–Trinajstić information content (AvgIpc) is 2.67. The molecule has 17 heteroatoms. The van der Waals surface area contributed by atoms with E-state index in [2.05, 4.69) is 5.32 Å². The quantitative estimate of drug-likeness (QED) is 0.219. The predicted octanol–water partition coefficient (Wildman–Crippen LogP) is 0.141. The van der Waals surface area contributed by atoms with Gasteiger partial charge in [0.2, 0.25) is 5.91 Å². The van der Waals surface area contributed by atoms with Crippen molar-refractivity contribution in [1.82, 2.24) is 0 Å². The van der Waals surface area contributed by atoms with Crippen molar-refractivity contribution in [2.24, 2.45) is 0 Å². The molecule has 0 bridgehead atoms. The van der Waals surface area contributed by atoms with Gasteiger partial charge >= 0.3 is 0 Å². The zero-order valence-corrected chi connectivity index (χ0v) is 19.7. The molecule has 1 amide bonds. The Labute approximate surface area is 194 Å². The van der Waals surface area contributed by atoms with Gasteiger partial charge in [-0.3, -0.25) is 23.2 Å². The van der Waals surface area contributed by atoms with Crippen molar-refractivity contribution >= 4 is 58.5 Å². The lowest BCUT2D eigenvalue weighted by Crippen LogP contribution is -2.21. The zero-order chi connectivity index (χ0) is 25.9. The molecule has 34 heavy (non-hydrogen) atoms. The van der Waals surface area contributed by atoms with E-state index in [-0.39, 0.29) is 25.6 Å². The molecule has 0 saturated carbocycles. The maximum absolute atomic E-state index is 12.3. The molecule has 0 aliphatic carbocycles. The number of rotatable bonds is 11. The maximum atomic E-state index is 12.3. The first-order chi connectivity index (χ1) is 15.5. The highest BCUT2D eigenvalue weighted by Crippen LogP contribution is 2.35. The second-order valence-electron chi connectivity index (χ2n) is 6.77. The summed E-state index contributed by atoms with van der Waals surface area (Å²) in [6.07, 6.45) is 0. The molecule has 0 aliphatic rings. The first-order valence-corrected chi connectivity index (χ1v) is 13.3. The summed E-state index contributed by atoms with van der Waals surface area (Å²) in [6, 6.07) is 2.42. The van der Waals surface area contributed by atoms with E-state index >= 15 is 0 Å². The van der Waals surface area contributed by atoms with E-state index in [1.807, 2.05) is 0 Å². The second-order valence-corrected chi connectivity index (χ2v) is 11.0. The maximum Gasteiger partial charge on any atom is 0.295 e. The number of amides is 1. The van der Waals surface area contributed by atoms with Crippen LogP contribution in [0.5, 0.6) is 0 Å². The van der Waals surface area contributed by atoms with Crippen LogP contribution in [-0.4, -0.2) is 77.0 Å². The first kappa shape index (κ1) is 27.7. The third kappa shape index (κ3) is 7.50. The molecule has 0 unspecified atom stereocenters. The SMILES string of the molecule is CC(=O)COCCOCC(=O)Nc1cc(S(=O)(=O)O)cc2cc(S(=O)(=O)O)cc(S(=O)(=O)O)c12. The van der Waals surface area contributed by atoms with Gasteiger partial charge in [0.1, 0.15) is 18.1 Å². The number of ketones is 1. The van der Waals surface area contributed by atoms with Crippen LogP contribution in [0.4, 0.5) is 5.69 Å². The molecule has 2 aromatic carbocycles. The van der Waals surface area contributed by atoms with E-state index < -0.39 is 74.0 Å². The molecule has 0 atom stereocenters. The number of hydrogen-bond donors (Lipinski definition) is 4. The lowest BCUT2D eigenvalue weighted by Gasteiger charge is -2.14. The Bertz CT molecular complexity index is 1440. The van der Waals surface area contributed by atoms with Crippen molar-refractivity contribution < 1.29 is 58.0 Å². The monoisotopic (exact) mass is 541 g/mol. The lowest BCUT2D eigenvalue weighted by molar-refractivity contribution is -0.124. The molecule has 0 radical (unpaired) electrons. The van der Waals surface area contributed by atoms with E-state index in [1.54, 1.807) is 0 Å². The number of hydrogen-bond acceptors (Lipinski definition) is 10. The van der Waals surface area contributed by atoms with Gasteiger partial charge in [-0.25, -0.2) is 0 Å². The molecule has 0 aromatic heterocycles. The Morgan fingerprint density at radius 1 is 0.794 bits per heavy atom. The summed E-state index contributed by atoms with van der Waals surface area (Å²) < 4.78 is 108. The lowest BCUT2D eigenvalue weighted by atomic mass is 10.1. The normalized spacial score (nSPS) is 12.6. The van der Waals surface area contributed by atoms with E-state index in [4.69, 9.17) is 9.47 Å². The van der Waals surface area contributed by atoms with Gasteiger partial charge in [-0.05, 0) is 36.6 Å². The molecule has 0 saturated heterocycles. The van der Waals surface area contributed by atoms with Crippen molar-refractivity contribution in [3.63, 3.8) is 0 Å². The first-order valence-electron chi connectivity index (χ1n) is 8.99. The van der Waals surface area contributed by atoms with Crippen molar-refractivity contribution in [2.45, 2.75) is 21.6 Å². The van der Waals surface area contributed by atoms with Crippen molar-refractivity contribution in [2.75, 3.05) is 31.7 Å². The summed E-state index contributed by atoms with van der Waals surface area (Å²) in [6.45, 7) is 0.373. The smallest absolute Gasteiger partial charge is 0.295 e. The van der Waals surface area contributed by atoms with E-state index in [9.17, 15) is 48.5 Å². The highest BCUT2D eigenvalue weighted by Gasteiger charge is 2.25. The van der Waals surface area contributed by atoms with Gasteiger partial charge in [0, 0.05) is 5.39 Å². The number of anilines is 1. The molecule has 14 nitrogen and oxygen atoms in total. The van der Waals surface area contributed by atoms with Crippen molar-refractivity contribution in [1.29, 1.82) is 0 Å². The van der Waals surface area contributed by atoms with Crippen LogP contribution in [0.3, 0.4) is 0 Å². The highest BCUT2D eigenvalue weighted by atomic mass is 32.2. The molecule has 0 fully saturated rings. The molecule has 0 spiro atoms. The summed E-state index contributed by atoms with van der Waals surface area (Å²) in [5.41, 5.74) is -0.541. The number of fused-ring (bicyclic) bond motifs is 1. The van der Waals surface area contributed by atoms with E-state index in [0.29, 0.717) is 24.3 Å². The molecule has 2 rings (SSSR count). The Kier molecular flexibility index (Phi) is 8.48. The Morgan fingerprint density at radius 3 is 1.76 bits per heavy atom. The predicted molar refractivity (Wildman–Crippen MR) is 114 cm³/mol. The Hall–Kier alpha value is -2.51. The minimum Gasteiger partial charge on any atom is -0.371 e. The van der Waals surface area contributed by atoms with Gasteiger partial charge in [-0.2, -0.15) is 25.3 Å². The number of nitrogens with one attached hydrogen (secondary N) is 1. The van der Waals surface area contributed by atoms with Gasteiger partial charge in [0.05, 0.1) is 28.7 Å². The van der Waals surface area contributed by atoms with Crippen LogP contribution >= 0.6 is 0 Å². The van der Waals surface area contributed by atoms with Crippen LogP contribution in [-0.2, 0) is 49.4 Å².